The average molecular weight is 241 g/mol. The molecule has 2 heteroatoms. The Morgan fingerprint density at radius 2 is 1.94 bits per heavy atom. The maximum atomic E-state index is 11.2. The van der Waals surface area contributed by atoms with Gasteiger partial charge in [-0.1, -0.05) is 26.8 Å². The molecule has 2 rings (SSSR count). The number of ketones is 1. The number of nitrogens with zero attached hydrogens (tertiary/aromatic N) is 1. The Hall–Kier alpha value is -1.70. The van der Waals surface area contributed by atoms with Gasteiger partial charge >= 0.3 is 0 Å². The zero-order valence-electron chi connectivity index (χ0n) is 11.4. The summed E-state index contributed by atoms with van der Waals surface area (Å²) in [6, 6.07) is 8.21. The van der Waals surface area contributed by atoms with E-state index in [-0.39, 0.29) is 11.2 Å². The van der Waals surface area contributed by atoms with Crippen LogP contribution < -0.4 is 0 Å². The first-order chi connectivity index (χ1) is 8.36. The molecule has 0 saturated carbocycles. The van der Waals surface area contributed by atoms with Crippen LogP contribution in [-0.2, 0) is 16.6 Å². The van der Waals surface area contributed by atoms with Gasteiger partial charge in [-0.05, 0) is 41.7 Å². The molecule has 0 aliphatic heterocycles. The van der Waals surface area contributed by atoms with Gasteiger partial charge in [0, 0.05) is 18.0 Å². The third-order valence-electron chi connectivity index (χ3n) is 3.06. The van der Waals surface area contributed by atoms with E-state index in [0.29, 0.717) is 6.42 Å². The first-order valence-electron chi connectivity index (χ1n) is 6.25. The molecule has 0 aliphatic carbocycles. The summed E-state index contributed by atoms with van der Waals surface area (Å²) in [6.45, 7) is 8.15. The molecule has 0 fully saturated rings. The maximum Gasteiger partial charge on any atom is 0.134 e. The van der Waals surface area contributed by atoms with Crippen molar-refractivity contribution in [2.75, 3.05) is 0 Å². The van der Waals surface area contributed by atoms with Gasteiger partial charge in [0.05, 0.1) is 5.52 Å². The van der Waals surface area contributed by atoms with Crippen LogP contribution in [0.2, 0.25) is 0 Å². The van der Waals surface area contributed by atoms with Crippen LogP contribution in [0, 0.1) is 0 Å². The monoisotopic (exact) mass is 241 g/mol. The molecule has 0 N–H and O–H groups in total. The second-order valence-electron chi connectivity index (χ2n) is 5.88. The quantitative estimate of drug-likeness (QED) is 0.803. The maximum absolute atomic E-state index is 11.2. The number of hydrogen-bond acceptors (Lipinski definition) is 2. The summed E-state index contributed by atoms with van der Waals surface area (Å²) in [5, 5.41) is 1.11. The molecular weight excluding hydrogens is 222 g/mol. The molecule has 0 atom stereocenters. The molecule has 1 heterocycles. The third kappa shape index (κ3) is 2.76. The highest BCUT2D eigenvalue weighted by molar-refractivity contribution is 5.83. The van der Waals surface area contributed by atoms with Gasteiger partial charge in [0.25, 0.3) is 0 Å². The second-order valence-corrected chi connectivity index (χ2v) is 5.88. The number of fused-ring (bicyclic) bond motifs is 1. The van der Waals surface area contributed by atoms with Crippen LogP contribution in [0.4, 0.5) is 0 Å². The molecule has 18 heavy (non-hydrogen) atoms. The van der Waals surface area contributed by atoms with Crippen molar-refractivity contribution in [3.05, 3.63) is 41.6 Å². The normalized spacial score (nSPS) is 11.8. The summed E-state index contributed by atoms with van der Waals surface area (Å²) < 4.78 is 0. The van der Waals surface area contributed by atoms with E-state index in [2.05, 4.69) is 37.9 Å². The second kappa shape index (κ2) is 4.52. The molecule has 0 saturated heterocycles. The summed E-state index contributed by atoms with van der Waals surface area (Å²) in [4.78, 5) is 15.6. The van der Waals surface area contributed by atoms with E-state index >= 15 is 0 Å². The van der Waals surface area contributed by atoms with E-state index < -0.39 is 0 Å². The summed E-state index contributed by atoms with van der Waals surface area (Å²) in [5.41, 5.74) is 3.35. The average Bonchev–Trinajstić information content (AvgIpc) is 2.26. The topological polar surface area (TPSA) is 30.0 Å². The van der Waals surface area contributed by atoms with Crippen LogP contribution in [0.25, 0.3) is 10.9 Å². The number of rotatable bonds is 2. The summed E-state index contributed by atoms with van der Waals surface area (Å²) in [5.74, 6) is 0.189. The van der Waals surface area contributed by atoms with Gasteiger partial charge in [0.15, 0.2) is 0 Å². The van der Waals surface area contributed by atoms with Crippen molar-refractivity contribution in [1.29, 1.82) is 0 Å². The van der Waals surface area contributed by atoms with Gasteiger partial charge in [0.2, 0.25) is 0 Å². The molecule has 1 aromatic heterocycles. The molecule has 2 aromatic rings. The number of carbonyl (C=O) groups excluding carboxylic acids is 1. The van der Waals surface area contributed by atoms with Crippen LogP contribution in [0.1, 0.15) is 38.8 Å². The third-order valence-corrected chi connectivity index (χ3v) is 3.06. The molecular formula is C16H19NO. The molecule has 0 aliphatic rings. The van der Waals surface area contributed by atoms with Gasteiger partial charge in [-0.25, -0.2) is 0 Å². The minimum atomic E-state index is 0.0950. The first kappa shape index (κ1) is 12.7. The first-order valence-corrected chi connectivity index (χ1v) is 6.25. The lowest BCUT2D eigenvalue weighted by Gasteiger charge is -2.18. The lowest BCUT2D eigenvalue weighted by atomic mass is 9.87. The Morgan fingerprint density at radius 3 is 2.56 bits per heavy atom. The molecule has 0 bridgehead atoms. The van der Waals surface area contributed by atoms with E-state index in [9.17, 15) is 4.79 Å². The van der Waals surface area contributed by atoms with Crippen LogP contribution in [0.15, 0.2) is 30.5 Å². The molecule has 0 spiro atoms. The lowest BCUT2D eigenvalue weighted by Crippen LogP contribution is -2.11. The van der Waals surface area contributed by atoms with Crippen molar-refractivity contribution in [1.82, 2.24) is 4.98 Å². The number of pyridine rings is 1. The van der Waals surface area contributed by atoms with E-state index in [1.54, 1.807) is 6.92 Å². The Kier molecular flexibility index (Phi) is 3.20. The van der Waals surface area contributed by atoms with Crippen molar-refractivity contribution in [3.63, 3.8) is 0 Å². The van der Waals surface area contributed by atoms with E-state index in [0.717, 1.165) is 16.5 Å². The van der Waals surface area contributed by atoms with Crippen molar-refractivity contribution in [2.24, 2.45) is 0 Å². The van der Waals surface area contributed by atoms with Crippen LogP contribution >= 0.6 is 0 Å². The Labute approximate surface area is 108 Å². The molecule has 0 unspecified atom stereocenters. The van der Waals surface area contributed by atoms with Crippen molar-refractivity contribution in [2.45, 2.75) is 39.5 Å². The van der Waals surface area contributed by atoms with Crippen LogP contribution in [-0.4, -0.2) is 10.8 Å². The van der Waals surface area contributed by atoms with E-state index in [4.69, 9.17) is 0 Å². The largest absolute Gasteiger partial charge is 0.300 e. The molecule has 2 nitrogen and oxygen atoms in total. The fourth-order valence-corrected chi connectivity index (χ4v) is 1.99. The lowest BCUT2D eigenvalue weighted by molar-refractivity contribution is -0.116. The summed E-state index contributed by atoms with van der Waals surface area (Å²) >= 11 is 0. The zero-order valence-corrected chi connectivity index (χ0v) is 11.4. The summed E-state index contributed by atoms with van der Waals surface area (Å²) in [7, 11) is 0. The molecule has 1 aromatic carbocycles. The highest BCUT2D eigenvalue weighted by Crippen LogP contribution is 2.25. The van der Waals surface area contributed by atoms with Crippen LogP contribution in [0.5, 0.6) is 0 Å². The predicted octanol–water partition coefficient (Wildman–Crippen LogP) is 3.66. The molecule has 0 radical (unpaired) electrons. The Balaban J connectivity index is 2.50. The Morgan fingerprint density at radius 1 is 1.22 bits per heavy atom. The zero-order chi connectivity index (χ0) is 13.3. The minimum Gasteiger partial charge on any atom is -0.300 e. The highest BCUT2D eigenvalue weighted by Gasteiger charge is 2.14. The molecule has 0 amide bonds. The van der Waals surface area contributed by atoms with Crippen molar-refractivity contribution >= 4 is 16.7 Å². The van der Waals surface area contributed by atoms with Crippen molar-refractivity contribution in [3.8, 4) is 0 Å². The van der Waals surface area contributed by atoms with Gasteiger partial charge in [-0.2, -0.15) is 0 Å². The van der Waals surface area contributed by atoms with Crippen LogP contribution in [0.3, 0.4) is 0 Å². The summed E-state index contributed by atoms with van der Waals surface area (Å²) in [6.07, 6.45) is 2.43. The van der Waals surface area contributed by atoms with Gasteiger partial charge in [0.1, 0.15) is 5.78 Å². The number of hydrogen-bond donors (Lipinski definition) is 0. The fourth-order valence-electron chi connectivity index (χ4n) is 1.99. The standard InChI is InChI=1S/C16H19NO/c1-11(18)7-12-5-6-15-13(8-12)9-14(10-17-15)16(2,3)4/h5-6,8-10H,7H2,1-4H3. The number of Topliss-reactive ketones (excluding diaryl/α,β-unsaturated/α-hetero) is 1. The van der Waals surface area contributed by atoms with E-state index in [1.807, 2.05) is 18.3 Å². The highest BCUT2D eigenvalue weighted by atomic mass is 16.1. The number of carbonyl (C=O) groups is 1. The van der Waals surface area contributed by atoms with Crippen molar-refractivity contribution < 1.29 is 4.79 Å². The minimum absolute atomic E-state index is 0.0950. The fraction of sp³-hybridized carbons (Fsp3) is 0.375. The molecule has 94 valence electrons. The van der Waals surface area contributed by atoms with Gasteiger partial charge in [-0.15, -0.1) is 0 Å². The van der Waals surface area contributed by atoms with Gasteiger partial charge in [-0.3, -0.25) is 9.78 Å². The SMILES string of the molecule is CC(=O)Cc1ccc2ncc(C(C)(C)C)cc2c1. The predicted molar refractivity (Wildman–Crippen MR) is 74.8 cm³/mol. The smallest absolute Gasteiger partial charge is 0.134 e. The van der Waals surface area contributed by atoms with E-state index in [1.165, 1.54) is 5.56 Å². The van der Waals surface area contributed by atoms with Gasteiger partial charge < -0.3 is 0 Å². The Bertz CT molecular complexity index is 594. The number of benzene rings is 1. The number of aromatic nitrogens is 1.